The van der Waals surface area contributed by atoms with Gasteiger partial charge >= 0.3 is 0 Å². The summed E-state index contributed by atoms with van der Waals surface area (Å²) >= 11 is 0. The van der Waals surface area contributed by atoms with Crippen molar-refractivity contribution in [3.63, 3.8) is 0 Å². The first-order valence-electron chi connectivity index (χ1n) is 5.57. The van der Waals surface area contributed by atoms with Crippen LogP contribution in [0.15, 0.2) is 0 Å². The third kappa shape index (κ3) is 4.76. The normalized spacial score (nSPS) is 24.8. The van der Waals surface area contributed by atoms with Gasteiger partial charge in [-0.05, 0) is 12.8 Å². The van der Waals surface area contributed by atoms with Gasteiger partial charge in [-0.2, -0.15) is 0 Å². The summed E-state index contributed by atoms with van der Waals surface area (Å²) in [5, 5.41) is 8.73. The molecule has 0 aromatic heterocycles. The monoisotopic (exact) mass is 170 g/mol. The van der Waals surface area contributed by atoms with Crippen molar-refractivity contribution in [3.05, 3.63) is 0 Å². The van der Waals surface area contributed by atoms with Gasteiger partial charge in [0.15, 0.2) is 0 Å². The largest absolute Gasteiger partial charge is 0.393 e. The first-order valence-corrected chi connectivity index (χ1v) is 5.57. The molecular weight excluding hydrogens is 148 g/mol. The molecule has 0 aliphatic heterocycles. The second-order valence-corrected chi connectivity index (χ2v) is 4.06. The highest BCUT2D eigenvalue weighted by atomic mass is 16.3. The number of rotatable bonds is 0. The predicted octanol–water partition coefficient (Wildman–Crippen LogP) is 3.26. The Kier molecular flexibility index (Phi) is 5.42. The Balaban J connectivity index is 0.000000120. The number of hydrogen-bond acceptors (Lipinski definition) is 1. The Hall–Kier alpha value is -0.0400. The molecule has 0 unspecified atom stereocenters. The summed E-state index contributed by atoms with van der Waals surface area (Å²) in [7, 11) is 0. The van der Waals surface area contributed by atoms with Crippen LogP contribution in [0.5, 0.6) is 0 Å². The van der Waals surface area contributed by atoms with E-state index >= 15 is 0 Å². The average molecular weight is 170 g/mol. The molecule has 2 fully saturated rings. The van der Waals surface area contributed by atoms with Gasteiger partial charge < -0.3 is 5.11 Å². The van der Waals surface area contributed by atoms with E-state index < -0.39 is 0 Å². The Morgan fingerprint density at radius 2 is 0.917 bits per heavy atom. The lowest BCUT2D eigenvalue weighted by Crippen LogP contribution is -1.94. The highest BCUT2D eigenvalue weighted by molar-refractivity contribution is 4.63. The number of hydrogen-bond donors (Lipinski definition) is 1. The van der Waals surface area contributed by atoms with Crippen molar-refractivity contribution < 1.29 is 5.11 Å². The maximum atomic E-state index is 8.73. The summed E-state index contributed by atoms with van der Waals surface area (Å²) in [6.45, 7) is 0. The Morgan fingerprint density at radius 3 is 1.08 bits per heavy atom. The van der Waals surface area contributed by atoms with Gasteiger partial charge in [-0.15, -0.1) is 0 Å². The van der Waals surface area contributed by atoms with Crippen molar-refractivity contribution in [2.45, 2.75) is 70.3 Å². The van der Waals surface area contributed by atoms with Gasteiger partial charge in [0, 0.05) is 0 Å². The molecule has 2 aliphatic rings. The molecule has 1 nitrogen and oxygen atoms in total. The lowest BCUT2D eigenvalue weighted by Gasteiger charge is -2.05. The summed E-state index contributed by atoms with van der Waals surface area (Å²) in [4.78, 5) is 0. The van der Waals surface area contributed by atoms with Crippen LogP contribution in [-0.4, -0.2) is 11.2 Å². The van der Waals surface area contributed by atoms with E-state index in [0.29, 0.717) is 0 Å². The van der Waals surface area contributed by atoms with E-state index in [1.807, 2.05) is 0 Å². The first kappa shape index (κ1) is 10.0. The molecule has 2 saturated carbocycles. The summed E-state index contributed by atoms with van der Waals surface area (Å²) in [6.07, 6.45) is 13.6. The Bertz CT molecular complexity index is 79.7. The van der Waals surface area contributed by atoms with Gasteiger partial charge in [-0.3, -0.25) is 0 Å². The van der Waals surface area contributed by atoms with Gasteiger partial charge in [0.1, 0.15) is 0 Å². The fourth-order valence-electron chi connectivity index (χ4n) is 1.96. The van der Waals surface area contributed by atoms with Crippen molar-refractivity contribution in [2.24, 2.45) is 0 Å². The highest BCUT2D eigenvalue weighted by Crippen LogP contribution is 2.16. The molecule has 72 valence electrons. The minimum atomic E-state index is 0.0463. The van der Waals surface area contributed by atoms with Crippen molar-refractivity contribution in [2.75, 3.05) is 0 Å². The molecule has 0 atom stereocenters. The zero-order valence-corrected chi connectivity index (χ0v) is 8.10. The van der Waals surface area contributed by atoms with E-state index in [1.165, 1.54) is 51.4 Å². The maximum absolute atomic E-state index is 8.73. The molecule has 1 N–H and O–H groups in total. The van der Waals surface area contributed by atoms with E-state index in [0.717, 1.165) is 12.8 Å². The van der Waals surface area contributed by atoms with E-state index in [1.54, 1.807) is 0 Å². The van der Waals surface area contributed by atoms with E-state index in [-0.39, 0.29) is 6.10 Å². The van der Waals surface area contributed by atoms with Crippen LogP contribution < -0.4 is 0 Å². The van der Waals surface area contributed by atoms with Crippen molar-refractivity contribution >= 4 is 0 Å². The van der Waals surface area contributed by atoms with Crippen LogP contribution in [0.3, 0.4) is 0 Å². The van der Waals surface area contributed by atoms with Crippen molar-refractivity contribution in [1.82, 2.24) is 0 Å². The Morgan fingerprint density at radius 1 is 0.583 bits per heavy atom. The van der Waals surface area contributed by atoms with Crippen molar-refractivity contribution in [3.8, 4) is 0 Å². The van der Waals surface area contributed by atoms with Crippen LogP contribution in [0, 0.1) is 0 Å². The molecule has 0 spiro atoms. The molecule has 0 saturated heterocycles. The molecule has 0 bridgehead atoms. The standard InChI is InChI=1S/C6H12.C5H10O/c1-2-4-6-5-3-1;6-5-3-1-2-4-5/h1-6H2;5-6H,1-4H2. The molecule has 0 aromatic rings. The van der Waals surface area contributed by atoms with Crippen LogP contribution in [0.1, 0.15) is 64.2 Å². The fourth-order valence-corrected chi connectivity index (χ4v) is 1.96. The zero-order chi connectivity index (χ0) is 8.65. The quantitative estimate of drug-likeness (QED) is 0.591. The fraction of sp³-hybridized carbons (Fsp3) is 1.00. The molecule has 0 heterocycles. The SMILES string of the molecule is C1CCCCC1.OC1CCCC1. The van der Waals surface area contributed by atoms with Crippen LogP contribution in [0.25, 0.3) is 0 Å². The summed E-state index contributed by atoms with van der Waals surface area (Å²) in [5.41, 5.74) is 0. The van der Waals surface area contributed by atoms with Crippen LogP contribution in [-0.2, 0) is 0 Å². The zero-order valence-electron chi connectivity index (χ0n) is 8.10. The third-order valence-corrected chi connectivity index (χ3v) is 2.82. The van der Waals surface area contributed by atoms with E-state index in [2.05, 4.69) is 0 Å². The first-order chi connectivity index (χ1) is 5.89. The lowest BCUT2D eigenvalue weighted by atomic mass is 10.0. The molecule has 0 amide bonds. The average Bonchev–Trinajstić information content (AvgIpc) is 2.60. The number of aliphatic hydroxyl groups excluding tert-OH is 1. The van der Waals surface area contributed by atoms with Gasteiger partial charge in [0.2, 0.25) is 0 Å². The molecule has 0 radical (unpaired) electrons. The van der Waals surface area contributed by atoms with E-state index in [4.69, 9.17) is 5.11 Å². The molecule has 0 aromatic carbocycles. The summed E-state index contributed by atoms with van der Waals surface area (Å²) in [6, 6.07) is 0. The minimum Gasteiger partial charge on any atom is -0.393 e. The molecular formula is C11H22O. The van der Waals surface area contributed by atoms with Crippen LogP contribution >= 0.6 is 0 Å². The predicted molar refractivity (Wildman–Crippen MR) is 52.2 cm³/mol. The third-order valence-electron chi connectivity index (χ3n) is 2.82. The summed E-state index contributed by atoms with van der Waals surface area (Å²) in [5.74, 6) is 0. The van der Waals surface area contributed by atoms with E-state index in [9.17, 15) is 0 Å². The van der Waals surface area contributed by atoms with Crippen LogP contribution in [0.4, 0.5) is 0 Å². The molecule has 2 aliphatic carbocycles. The minimum absolute atomic E-state index is 0.0463. The van der Waals surface area contributed by atoms with Crippen molar-refractivity contribution in [1.29, 1.82) is 0 Å². The van der Waals surface area contributed by atoms with Crippen LogP contribution in [0.2, 0.25) is 0 Å². The topological polar surface area (TPSA) is 20.2 Å². The second kappa shape index (κ2) is 6.47. The van der Waals surface area contributed by atoms with Gasteiger partial charge in [-0.1, -0.05) is 51.4 Å². The molecule has 12 heavy (non-hydrogen) atoms. The van der Waals surface area contributed by atoms with Gasteiger partial charge in [0.05, 0.1) is 6.10 Å². The second-order valence-electron chi connectivity index (χ2n) is 4.06. The van der Waals surface area contributed by atoms with Gasteiger partial charge in [-0.25, -0.2) is 0 Å². The highest BCUT2D eigenvalue weighted by Gasteiger charge is 2.09. The Labute approximate surface area is 76.2 Å². The summed E-state index contributed by atoms with van der Waals surface area (Å²) < 4.78 is 0. The molecule has 1 heteroatoms. The smallest absolute Gasteiger partial charge is 0.0540 e. The number of aliphatic hydroxyl groups is 1. The van der Waals surface area contributed by atoms with Gasteiger partial charge in [0.25, 0.3) is 0 Å². The maximum Gasteiger partial charge on any atom is 0.0540 e. The lowest BCUT2D eigenvalue weighted by molar-refractivity contribution is 0.183. The molecule has 2 rings (SSSR count).